The summed E-state index contributed by atoms with van der Waals surface area (Å²) in [6, 6.07) is 0.358. The third-order valence-electron chi connectivity index (χ3n) is 11.1. The molecular weight excluding hydrogens is 414 g/mol. The van der Waals surface area contributed by atoms with Crippen LogP contribution < -0.4 is 10.6 Å². The van der Waals surface area contributed by atoms with Crippen LogP contribution in [0.2, 0.25) is 0 Å². The molecular formula is C27H45N3O3. The molecule has 5 rings (SSSR count). The lowest BCUT2D eigenvalue weighted by atomic mass is 9.44. The standard InChI is InChI=1S/C27H45N3O3/c1-17(30-33-25(32)29-16-19-5-4-14-28-19)22-8-9-23-21-7-6-18-15-20(31)10-12-26(18,2)24(21)11-13-27(22,23)3/h18-24,28,31H,4-16H2,1-3H3,(H,29,32)/b30-17+/t18-,19?,20-,21-,22+,23-,24-,26-,27+/m0/s1. The van der Waals surface area contributed by atoms with Crippen LogP contribution in [0.3, 0.4) is 0 Å². The molecule has 3 N–H and O–H groups in total. The van der Waals surface area contributed by atoms with E-state index >= 15 is 0 Å². The number of amides is 1. The van der Waals surface area contributed by atoms with Crippen molar-refractivity contribution < 1.29 is 14.7 Å². The molecule has 6 nitrogen and oxygen atoms in total. The van der Waals surface area contributed by atoms with Gasteiger partial charge in [0.05, 0.1) is 11.8 Å². The van der Waals surface area contributed by atoms with E-state index < -0.39 is 6.09 Å². The minimum Gasteiger partial charge on any atom is -0.393 e. The second kappa shape index (κ2) is 9.14. The first-order chi connectivity index (χ1) is 15.8. The summed E-state index contributed by atoms with van der Waals surface area (Å²) >= 11 is 0. The van der Waals surface area contributed by atoms with Gasteiger partial charge in [-0.05, 0) is 119 Å². The predicted octanol–water partition coefficient (Wildman–Crippen LogP) is 4.86. The van der Waals surface area contributed by atoms with Crippen molar-refractivity contribution in [3.05, 3.63) is 0 Å². The number of nitrogens with one attached hydrogen (secondary N) is 2. The van der Waals surface area contributed by atoms with Crippen LogP contribution in [0.25, 0.3) is 0 Å². The number of rotatable bonds is 4. The van der Waals surface area contributed by atoms with Gasteiger partial charge in [-0.3, -0.25) is 4.84 Å². The van der Waals surface area contributed by atoms with E-state index in [0.717, 1.165) is 55.7 Å². The maximum absolute atomic E-state index is 12.2. The normalized spacial score (nSPS) is 47.4. The number of fused-ring (bicyclic) bond motifs is 5. The summed E-state index contributed by atoms with van der Waals surface area (Å²) in [5, 5.41) is 20.8. The monoisotopic (exact) mass is 459 g/mol. The number of oxime groups is 1. The fraction of sp³-hybridized carbons (Fsp3) is 0.926. The Morgan fingerprint density at radius 2 is 1.85 bits per heavy atom. The van der Waals surface area contributed by atoms with Gasteiger partial charge in [0.1, 0.15) is 0 Å². The molecule has 0 spiro atoms. The Kier molecular flexibility index (Phi) is 6.54. The third-order valence-corrected chi connectivity index (χ3v) is 11.1. The molecule has 9 atom stereocenters. The fourth-order valence-corrected chi connectivity index (χ4v) is 9.27. The van der Waals surface area contributed by atoms with E-state index in [2.05, 4.69) is 36.6 Å². The summed E-state index contributed by atoms with van der Waals surface area (Å²) in [5.74, 6) is 3.48. The lowest BCUT2D eigenvalue weighted by molar-refractivity contribution is -0.123. The van der Waals surface area contributed by atoms with Crippen LogP contribution in [0.5, 0.6) is 0 Å². The minimum atomic E-state index is -0.433. The van der Waals surface area contributed by atoms with Crippen LogP contribution >= 0.6 is 0 Å². The van der Waals surface area contributed by atoms with Crippen LogP contribution in [0.4, 0.5) is 4.79 Å². The Labute approximate surface area is 199 Å². The van der Waals surface area contributed by atoms with Crippen LogP contribution in [-0.4, -0.2) is 42.1 Å². The number of nitrogens with zero attached hydrogens (tertiary/aromatic N) is 1. The van der Waals surface area contributed by atoms with Gasteiger partial charge in [0.25, 0.3) is 0 Å². The molecule has 6 heteroatoms. The number of aliphatic hydroxyl groups excluding tert-OH is 1. The molecule has 1 amide bonds. The molecule has 0 bridgehead atoms. The molecule has 33 heavy (non-hydrogen) atoms. The first-order valence-electron chi connectivity index (χ1n) is 13.7. The highest BCUT2D eigenvalue weighted by atomic mass is 16.7. The number of carbonyl (C=O) groups is 1. The van der Waals surface area contributed by atoms with Crippen molar-refractivity contribution in [1.29, 1.82) is 0 Å². The summed E-state index contributed by atoms with van der Waals surface area (Å²) in [7, 11) is 0. The SMILES string of the molecule is C/C(=N\OC(=O)NCC1CCCN1)[C@H]1CC[C@H]2[C@@H]3CC[C@H]4C[C@@H](O)CC[C@]4(C)[C@H]3CC[C@]12C. The van der Waals surface area contributed by atoms with Crippen molar-refractivity contribution in [3.8, 4) is 0 Å². The minimum absolute atomic E-state index is 0.0742. The molecule has 5 aliphatic rings. The van der Waals surface area contributed by atoms with E-state index in [1.54, 1.807) is 0 Å². The zero-order valence-corrected chi connectivity index (χ0v) is 20.9. The average molecular weight is 460 g/mol. The largest absolute Gasteiger partial charge is 0.433 e. The summed E-state index contributed by atoms with van der Waals surface area (Å²) in [4.78, 5) is 17.5. The van der Waals surface area contributed by atoms with Crippen LogP contribution in [0.15, 0.2) is 5.16 Å². The second-order valence-corrected chi connectivity index (χ2v) is 12.5. The number of hydrogen-bond donors (Lipinski definition) is 3. The molecule has 5 fully saturated rings. The Bertz CT molecular complexity index is 766. The lowest BCUT2D eigenvalue weighted by Gasteiger charge is -2.61. The molecule has 1 heterocycles. The zero-order chi connectivity index (χ0) is 23.2. The lowest BCUT2D eigenvalue weighted by Crippen LogP contribution is -2.54. The first-order valence-corrected chi connectivity index (χ1v) is 13.7. The Hall–Kier alpha value is -1.14. The molecule has 4 aliphatic carbocycles. The van der Waals surface area contributed by atoms with Crippen molar-refractivity contribution in [2.75, 3.05) is 13.1 Å². The van der Waals surface area contributed by atoms with E-state index in [1.165, 1.54) is 44.9 Å². The van der Waals surface area contributed by atoms with Gasteiger partial charge in [0.15, 0.2) is 0 Å². The summed E-state index contributed by atoms with van der Waals surface area (Å²) in [6.45, 7) is 8.75. The molecule has 1 saturated heterocycles. The smallest absolute Gasteiger partial charge is 0.393 e. The first kappa shape index (κ1) is 23.6. The van der Waals surface area contributed by atoms with Crippen LogP contribution in [0.1, 0.15) is 91.4 Å². The van der Waals surface area contributed by atoms with Crippen LogP contribution in [0, 0.1) is 40.4 Å². The van der Waals surface area contributed by atoms with Gasteiger partial charge in [0.2, 0.25) is 0 Å². The second-order valence-electron chi connectivity index (χ2n) is 12.5. The molecule has 1 unspecified atom stereocenters. The topological polar surface area (TPSA) is 83.0 Å². The zero-order valence-electron chi connectivity index (χ0n) is 20.9. The molecule has 0 aromatic heterocycles. The number of hydrogen-bond acceptors (Lipinski definition) is 5. The fourth-order valence-electron chi connectivity index (χ4n) is 9.27. The van der Waals surface area contributed by atoms with E-state index in [0.29, 0.717) is 29.8 Å². The quantitative estimate of drug-likeness (QED) is 0.318. The Balaban J connectivity index is 1.22. The molecule has 0 aromatic carbocycles. The third kappa shape index (κ3) is 4.24. The van der Waals surface area contributed by atoms with Crippen molar-refractivity contribution >= 4 is 11.8 Å². The van der Waals surface area contributed by atoms with Gasteiger partial charge >= 0.3 is 6.09 Å². The van der Waals surface area contributed by atoms with Gasteiger partial charge in [-0.15, -0.1) is 0 Å². The molecule has 0 aromatic rings. The number of aliphatic hydroxyl groups is 1. The Morgan fingerprint density at radius 3 is 2.64 bits per heavy atom. The number of carbonyl (C=O) groups excluding carboxylic acids is 1. The summed E-state index contributed by atoms with van der Waals surface area (Å²) in [5.41, 5.74) is 1.67. The van der Waals surface area contributed by atoms with E-state index in [1.807, 2.05) is 0 Å². The highest BCUT2D eigenvalue weighted by Crippen LogP contribution is 2.67. The van der Waals surface area contributed by atoms with Gasteiger partial charge in [-0.25, -0.2) is 4.79 Å². The van der Waals surface area contributed by atoms with E-state index in [-0.39, 0.29) is 11.5 Å². The summed E-state index contributed by atoms with van der Waals surface area (Å²) < 4.78 is 0. The van der Waals surface area contributed by atoms with Gasteiger partial charge in [0, 0.05) is 18.5 Å². The van der Waals surface area contributed by atoms with Crippen molar-refractivity contribution in [3.63, 3.8) is 0 Å². The van der Waals surface area contributed by atoms with Gasteiger partial charge in [-0.2, -0.15) is 0 Å². The highest BCUT2D eigenvalue weighted by molar-refractivity contribution is 5.85. The van der Waals surface area contributed by atoms with Crippen molar-refractivity contribution in [2.45, 2.75) is 104 Å². The maximum Gasteiger partial charge on any atom is 0.433 e. The predicted molar refractivity (Wildman–Crippen MR) is 130 cm³/mol. The summed E-state index contributed by atoms with van der Waals surface area (Å²) in [6.07, 6.45) is 12.6. The van der Waals surface area contributed by atoms with E-state index in [9.17, 15) is 9.90 Å². The molecule has 0 radical (unpaired) electrons. The van der Waals surface area contributed by atoms with Crippen molar-refractivity contribution in [1.82, 2.24) is 10.6 Å². The average Bonchev–Trinajstić information content (AvgIpc) is 3.44. The van der Waals surface area contributed by atoms with E-state index in [4.69, 9.17) is 4.84 Å². The molecule has 186 valence electrons. The molecule has 1 aliphatic heterocycles. The maximum atomic E-state index is 12.2. The molecule has 4 saturated carbocycles. The van der Waals surface area contributed by atoms with Crippen molar-refractivity contribution in [2.24, 2.45) is 45.6 Å². The highest BCUT2D eigenvalue weighted by Gasteiger charge is 2.60. The van der Waals surface area contributed by atoms with Gasteiger partial charge < -0.3 is 15.7 Å². The van der Waals surface area contributed by atoms with Crippen LogP contribution in [-0.2, 0) is 4.84 Å². The van der Waals surface area contributed by atoms with Gasteiger partial charge in [-0.1, -0.05) is 19.0 Å². The Morgan fingerprint density at radius 1 is 1.06 bits per heavy atom.